The Kier molecular flexibility index (Phi) is 7.12. The Morgan fingerprint density at radius 3 is 2.70 bits per heavy atom. The van der Waals surface area contributed by atoms with Gasteiger partial charge in [-0.25, -0.2) is 0 Å². The molecule has 9 heteroatoms. The summed E-state index contributed by atoms with van der Waals surface area (Å²) < 4.78 is 5.15. The molecule has 158 valence electrons. The largest absolute Gasteiger partial charge is 0.497 e. The third-order valence-electron chi connectivity index (χ3n) is 4.85. The van der Waals surface area contributed by atoms with E-state index in [4.69, 9.17) is 28.6 Å². The summed E-state index contributed by atoms with van der Waals surface area (Å²) in [5, 5.41) is 9.70. The Morgan fingerprint density at radius 2 is 2.00 bits per heavy atom. The topological polar surface area (TPSA) is 82.7 Å². The Labute approximate surface area is 185 Å². The van der Waals surface area contributed by atoms with Gasteiger partial charge in [-0.05, 0) is 61.1 Å². The van der Waals surface area contributed by atoms with Crippen molar-refractivity contribution in [1.82, 2.24) is 10.2 Å². The van der Waals surface area contributed by atoms with Crippen LogP contribution in [0.3, 0.4) is 0 Å². The molecule has 3 rings (SSSR count). The summed E-state index contributed by atoms with van der Waals surface area (Å²) in [5.74, 6) is 0.201. The van der Waals surface area contributed by atoms with Crippen LogP contribution in [0.5, 0.6) is 5.75 Å². The van der Waals surface area contributed by atoms with Crippen LogP contribution < -0.4 is 20.7 Å². The van der Waals surface area contributed by atoms with E-state index < -0.39 is 6.04 Å². The number of carbonyl (C=O) groups is 2. The van der Waals surface area contributed by atoms with Gasteiger partial charge in [0.15, 0.2) is 5.11 Å². The summed E-state index contributed by atoms with van der Waals surface area (Å²) >= 11 is 11.6. The van der Waals surface area contributed by atoms with E-state index in [-0.39, 0.29) is 18.2 Å². The second kappa shape index (κ2) is 9.77. The number of amides is 2. The van der Waals surface area contributed by atoms with E-state index >= 15 is 0 Å². The minimum atomic E-state index is -0.712. The van der Waals surface area contributed by atoms with Gasteiger partial charge < -0.3 is 25.6 Å². The highest BCUT2D eigenvalue weighted by molar-refractivity contribution is 7.80. The van der Waals surface area contributed by atoms with Gasteiger partial charge in [0, 0.05) is 29.5 Å². The summed E-state index contributed by atoms with van der Waals surface area (Å²) in [7, 11) is 1.60. The fourth-order valence-corrected chi connectivity index (χ4v) is 3.66. The predicted molar refractivity (Wildman–Crippen MR) is 122 cm³/mol. The van der Waals surface area contributed by atoms with Crippen LogP contribution in [0.4, 0.5) is 11.4 Å². The van der Waals surface area contributed by atoms with Crippen molar-refractivity contribution in [2.45, 2.75) is 19.4 Å². The highest BCUT2D eigenvalue weighted by atomic mass is 35.5. The molecule has 0 radical (unpaired) electrons. The quantitative estimate of drug-likeness (QED) is 0.612. The average molecular weight is 447 g/mol. The number of piperazine rings is 1. The number of ether oxygens (including phenoxy) is 1. The molecule has 0 unspecified atom stereocenters. The molecule has 3 N–H and O–H groups in total. The zero-order chi connectivity index (χ0) is 21.7. The van der Waals surface area contributed by atoms with Gasteiger partial charge in [-0.2, -0.15) is 0 Å². The van der Waals surface area contributed by atoms with Crippen molar-refractivity contribution < 1.29 is 14.3 Å². The van der Waals surface area contributed by atoms with Crippen LogP contribution in [0.1, 0.15) is 12.0 Å². The van der Waals surface area contributed by atoms with Crippen molar-refractivity contribution in [1.29, 1.82) is 0 Å². The molecule has 1 aliphatic rings. The molecule has 2 aromatic rings. The van der Waals surface area contributed by atoms with Gasteiger partial charge in [-0.15, -0.1) is 0 Å². The number of carbonyl (C=O) groups excluding carboxylic acids is 2. The molecule has 1 fully saturated rings. The molecule has 0 saturated carbocycles. The lowest BCUT2D eigenvalue weighted by Gasteiger charge is -2.36. The van der Waals surface area contributed by atoms with E-state index in [2.05, 4.69) is 16.0 Å². The molecule has 7 nitrogen and oxygen atoms in total. The molecule has 0 aliphatic carbocycles. The Bertz CT molecular complexity index is 952. The fraction of sp³-hybridized carbons (Fsp3) is 0.286. The normalized spacial score (nSPS) is 15.9. The van der Waals surface area contributed by atoms with Gasteiger partial charge in [0.2, 0.25) is 11.8 Å². The highest BCUT2D eigenvalue weighted by Gasteiger charge is 2.33. The first-order chi connectivity index (χ1) is 14.4. The zero-order valence-electron chi connectivity index (χ0n) is 16.7. The van der Waals surface area contributed by atoms with Crippen molar-refractivity contribution in [3.63, 3.8) is 0 Å². The standard InChI is InChI=1S/C21H23ClN4O3S/c1-13-16(22)4-3-5-17(13)25-19(27)12-18-20(28)23-10-11-26(18)21(30)24-14-6-8-15(29-2)9-7-14/h3-9,18H,10-12H2,1-2H3,(H,23,28)(H,24,30)(H,25,27)/t18-/m1/s1. The molecular formula is C21H23ClN4O3S. The van der Waals surface area contributed by atoms with E-state index in [1.54, 1.807) is 30.2 Å². The minimum absolute atomic E-state index is 0.0395. The van der Waals surface area contributed by atoms with Crippen molar-refractivity contribution >= 4 is 52.1 Å². The Hall–Kier alpha value is -2.84. The van der Waals surface area contributed by atoms with Crippen LogP contribution >= 0.6 is 23.8 Å². The van der Waals surface area contributed by atoms with Crippen molar-refractivity contribution in [2.24, 2.45) is 0 Å². The zero-order valence-corrected chi connectivity index (χ0v) is 18.3. The van der Waals surface area contributed by atoms with Gasteiger partial charge in [-0.3, -0.25) is 9.59 Å². The van der Waals surface area contributed by atoms with Crippen LogP contribution in [-0.2, 0) is 9.59 Å². The molecule has 30 heavy (non-hydrogen) atoms. The second-order valence-corrected chi connectivity index (χ2v) is 7.62. The predicted octanol–water partition coefficient (Wildman–Crippen LogP) is 3.18. The van der Waals surface area contributed by atoms with E-state index in [0.717, 1.165) is 17.0 Å². The molecule has 1 heterocycles. The Morgan fingerprint density at radius 1 is 1.27 bits per heavy atom. The molecule has 1 saturated heterocycles. The first-order valence-electron chi connectivity index (χ1n) is 9.43. The van der Waals surface area contributed by atoms with E-state index in [1.165, 1.54) is 0 Å². The van der Waals surface area contributed by atoms with Gasteiger partial charge >= 0.3 is 0 Å². The SMILES string of the molecule is COc1ccc(NC(=S)N2CCNC(=O)[C@H]2CC(=O)Nc2cccc(Cl)c2C)cc1. The molecule has 2 amide bonds. The lowest BCUT2D eigenvalue weighted by molar-refractivity contribution is -0.130. The average Bonchev–Trinajstić information content (AvgIpc) is 2.73. The number of benzene rings is 2. The van der Waals surface area contributed by atoms with Gasteiger partial charge in [-0.1, -0.05) is 17.7 Å². The van der Waals surface area contributed by atoms with Crippen LogP contribution in [0.2, 0.25) is 5.02 Å². The molecular weight excluding hydrogens is 424 g/mol. The Balaban J connectivity index is 1.68. The molecule has 1 atom stereocenters. The monoisotopic (exact) mass is 446 g/mol. The maximum atomic E-state index is 12.6. The number of rotatable bonds is 5. The molecule has 0 aromatic heterocycles. The fourth-order valence-electron chi connectivity index (χ4n) is 3.15. The van der Waals surface area contributed by atoms with Gasteiger partial charge in [0.25, 0.3) is 0 Å². The number of nitrogens with zero attached hydrogens (tertiary/aromatic N) is 1. The lowest BCUT2D eigenvalue weighted by Crippen LogP contribution is -2.58. The smallest absolute Gasteiger partial charge is 0.243 e. The highest BCUT2D eigenvalue weighted by Crippen LogP contribution is 2.23. The number of thiocarbonyl (C=S) groups is 1. The number of methoxy groups -OCH3 is 1. The van der Waals surface area contributed by atoms with Gasteiger partial charge in [0.05, 0.1) is 13.5 Å². The van der Waals surface area contributed by atoms with E-state index in [1.807, 2.05) is 31.2 Å². The van der Waals surface area contributed by atoms with Crippen LogP contribution in [0.15, 0.2) is 42.5 Å². The summed E-state index contributed by atoms with van der Waals surface area (Å²) in [6.45, 7) is 2.78. The molecule has 1 aliphatic heterocycles. The summed E-state index contributed by atoms with van der Waals surface area (Å²) in [4.78, 5) is 26.9. The summed E-state index contributed by atoms with van der Waals surface area (Å²) in [6.07, 6.45) is -0.0395. The van der Waals surface area contributed by atoms with Crippen molar-refractivity contribution in [3.05, 3.63) is 53.1 Å². The van der Waals surface area contributed by atoms with Crippen LogP contribution in [0, 0.1) is 6.92 Å². The second-order valence-electron chi connectivity index (χ2n) is 6.82. The number of halogens is 1. The minimum Gasteiger partial charge on any atom is -0.497 e. The third-order valence-corrected chi connectivity index (χ3v) is 5.60. The van der Waals surface area contributed by atoms with Crippen LogP contribution in [-0.4, -0.2) is 48.1 Å². The number of anilines is 2. The summed E-state index contributed by atoms with van der Waals surface area (Å²) in [5.41, 5.74) is 2.16. The van der Waals surface area contributed by atoms with Crippen LogP contribution in [0.25, 0.3) is 0 Å². The van der Waals surface area contributed by atoms with Gasteiger partial charge in [0.1, 0.15) is 11.8 Å². The number of nitrogens with one attached hydrogen (secondary N) is 3. The van der Waals surface area contributed by atoms with Crippen molar-refractivity contribution in [3.8, 4) is 5.75 Å². The van der Waals surface area contributed by atoms with Crippen molar-refractivity contribution in [2.75, 3.05) is 30.8 Å². The van der Waals surface area contributed by atoms with E-state index in [0.29, 0.717) is 28.9 Å². The van der Waals surface area contributed by atoms with E-state index in [9.17, 15) is 9.59 Å². The number of hydrogen-bond donors (Lipinski definition) is 3. The molecule has 0 spiro atoms. The maximum absolute atomic E-state index is 12.6. The molecule has 0 bridgehead atoms. The first-order valence-corrected chi connectivity index (χ1v) is 10.2. The number of hydrogen-bond acceptors (Lipinski definition) is 4. The first kappa shape index (κ1) is 21.9. The lowest BCUT2D eigenvalue weighted by atomic mass is 10.1. The maximum Gasteiger partial charge on any atom is 0.243 e. The molecule has 2 aromatic carbocycles. The summed E-state index contributed by atoms with van der Waals surface area (Å²) in [6, 6.07) is 11.9. The third kappa shape index (κ3) is 5.20.